The van der Waals surface area contributed by atoms with E-state index in [2.05, 4.69) is 15.5 Å². The Morgan fingerprint density at radius 2 is 1.88 bits per heavy atom. The summed E-state index contributed by atoms with van der Waals surface area (Å²) in [6.07, 6.45) is 0.958. The predicted molar refractivity (Wildman–Crippen MR) is 100 cm³/mol. The summed E-state index contributed by atoms with van der Waals surface area (Å²) in [5.41, 5.74) is 0.628. The van der Waals surface area contributed by atoms with Crippen molar-refractivity contribution >= 4 is 35.1 Å². The minimum absolute atomic E-state index is 0.00998. The molecule has 0 aromatic heterocycles. The molecule has 132 valence electrons. The molecule has 1 aromatic carbocycles. The molecule has 1 amide bonds. The highest BCUT2D eigenvalue weighted by molar-refractivity contribution is 8.00. The van der Waals surface area contributed by atoms with Crippen molar-refractivity contribution in [2.45, 2.75) is 6.42 Å². The van der Waals surface area contributed by atoms with Crippen molar-refractivity contribution in [3.05, 3.63) is 34.9 Å². The maximum Gasteiger partial charge on any atom is 0.230 e. The highest BCUT2D eigenvalue weighted by atomic mass is 35.5. The molecule has 1 aliphatic rings. The Balaban J connectivity index is 1.53. The molecule has 0 bridgehead atoms. The fourth-order valence-electron chi connectivity index (χ4n) is 2.47. The number of hydrogen-bond donors (Lipinski definition) is 2. The number of nitrogens with one attached hydrogen (secondary N) is 2. The standard InChI is InChI=1S/C17H24ClN3O2S/c18-15-4-2-14(3-5-15)16(22)12-24-13-17(23)20-6-1-9-21-10-7-19-8-11-21/h2-5,19H,1,6-13H2,(H,20,23). The first-order valence-electron chi connectivity index (χ1n) is 8.21. The second-order valence-electron chi connectivity index (χ2n) is 5.72. The van der Waals surface area contributed by atoms with Crippen LogP contribution in [0, 0.1) is 0 Å². The van der Waals surface area contributed by atoms with E-state index in [4.69, 9.17) is 11.6 Å². The molecule has 0 radical (unpaired) electrons. The van der Waals surface area contributed by atoms with Crippen LogP contribution in [0.5, 0.6) is 0 Å². The van der Waals surface area contributed by atoms with E-state index in [0.717, 1.165) is 39.1 Å². The molecule has 1 aromatic rings. The van der Waals surface area contributed by atoms with Crippen molar-refractivity contribution in [2.75, 3.05) is 50.8 Å². The molecule has 0 saturated carbocycles. The Kier molecular flexibility index (Phi) is 8.59. The summed E-state index contributed by atoms with van der Waals surface area (Å²) in [4.78, 5) is 26.1. The molecule has 7 heteroatoms. The maximum absolute atomic E-state index is 12.0. The highest BCUT2D eigenvalue weighted by Gasteiger charge is 2.10. The Hall–Kier alpha value is -1.08. The van der Waals surface area contributed by atoms with Crippen LogP contribution >= 0.6 is 23.4 Å². The first-order chi connectivity index (χ1) is 11.6. The molecule has 1 aliphatic heterocycles. The number of piperazine rings is 1. The molecule has 0 atom stereocenters. The smallest absolute Gasteiger partial charge is 0.230 e. The van der Waals surface area contributed by atoms with E-state index in [9.17, 15) is 9.59 Å². The molecular formula is C17H24ClN3O2S. The van der Waals surface area contributed by atoms with Gasteiger partial charge in [0, 0.05) is 43.3 Å². The second-order valence-corrected chi connectivity index (χ2v) is 7.14. The number of Topliss-reactive ketones (excluding diaryl/α,β-unsaturated/α-hetero) is 1. The van der Waals surface area contributed by atoms with Gasteiger partial charge >= 0.3 is 0 Å². The lowest BCUT2D eigenvalue weighted by molar-refractivity contribution is -0.118. The van der Waals surface area contributed by atoms with E-state index >= 15 is 0 Å². The van der Waals surface area contributed by atoms with Crippen LogP contribution < -0.4 is 10.6 Å². The SMILES string of the molecule is O=C(CSCC(=O)c1ccc(Cl)cc1)NCCCN1CCNCC1. The average molecular weight is 370 g/mol. The number of halogens is 1. The number of nitrogens with zero attached hydrogens (tertiary/aromatic N) is 1. The average Bonchev–Trinajstić information content (AvgIpc) is 2.60. The number of carbonyl (C=O) groups excluding carboxylic acids is 2. The zero-order valence-corrected chi connectivity index (χ0v) is 15.3. The molecule has 0 aliphatic carbocycles. The van der Waals surface area contributed by atoms with E-state index < -0.39 is 0 Å². The summed E-state index contributed by atoms with van der Waals surface area (Å²) >= 11 is 7.14. The van der Waals surface area contributed by atoms with Gasteiger partial charge in [-0.15, -0.1) is 11.8 Å². The minimum atomic E-state index is -0.00998. The van der Waals surface area contributed by atoms with Crippen molar-refractivity contribution in [3.63, 3.8) is 0 Å². The second kappa shape index (κ2) is 10.7. The van der Waals surface area contributed by atoms with Crippen LogP contribution in [0.15, 0.2) is 24.3 Å². The Morgan fingerprint density at radius 1 is 1.17 bits per heavy atom. The molecule has 2 rings (SSSR count). The Morgan fingerprint density at radius 3 is 2.58 bits per heavy atom. The van der Waals surface area contributed by atoms with Gasteiger partial charge in [0.05, 0.1) is 11.5 Å². The zero-order chi connectivity index (χ0) is 17.2. The van der Waals surface area contributed by atoms with Gasteiger partial charge in [0.25, 0.3) is 0 Å². The molecule has 1 fully saturated rings. The highest BCUT2D eigenvalue weighted by Crippen LogP contribution is 2.12. The topological polar surface area (TPSA) is 61.4 Å². The van der Waals surface area contributed by atoms with Gasteiger partial charge < -0.3 is 15.5 Å². The molecule has 1 heterocycles. The normalized spacial score (nSPS) is 15.2. The quantitative estimate of drug-likeness (QED) is 0.512. The third kappa shape index (κ3) is 7.21. The van der Waals surface area contributed by atoms with Crippen LogP contribution in [-0.2, 0) is 4.79 Å². The van der Waals surface area contributed by atoms with Gasteiger partial charge in [0.1, 0.15) is 0 Å². The fourth-order valence-corrected chi connectivity index (χ4v) is 3.34. The summed E-state index contributed by atoms with van der Waals surface area (Å²) < 4.78 is 0. The molecule has 2 N–H and O–H groups in total. The summed E-state index contributed by atoms with van der Waals surface area (Å²) in [5, 5.41) is 6.84. The lowest BCUT2D eigenvalue weighted by atomic mass is 10.1. The lowest BCUT2D eigenvalue weighted by Crippen LogP contribution is -2.44. The van der Waals surface area contributed by atoms with Gasteiger partial charge in [0.2, 0.25) is 5.91 Å². The molecule has 0 unspecified atom stereocenters. The van der Waals surface area contributed by atoms with Crippen molar-refractivity contribution in [1.29, 1.82) is 0 Å². The maximum atomic E-state index is 12.0. The molecule has 5 nitrogen and oxygen atoms in total. The summed E-state index contributed by atoms with van der Waals surface area (Å²) in [5.74, 6) is 0.621. The molecule has 1 saturated heterocycles. The molecular weight excluding hydrogens is 346 g/mol. The van der Waals surface area contributed by atoms with Gasteiger partial charge in [-0.2, -0.15) is 0 Å². The van der Waals surface area contributed by atoms with Gasteiger partial charge in [-0.05, 0) is 37.2 Å². The van der Waals surface area contributed by atoms with E-state index in [1.54, 1.807) is 24.3 Å². The monoisotopic (exact) mass is 369 g/mol. The van der Waals surface area contributed by atoms with Crippen molar-refractivity contribution in [3.8, 4) is 0 Å². The number of ketones is 1. The van der Waals surface area contributed by atoms with Gasteiger partial charge in [-0.1, -0.05) is 11.6 Å². The Labute approximate surface area is 152 Å². The zero-order valence-electron chi connectivity index (χ0n) is 13.7. The largest absolute Gasteiger partial charge is 0.355 e. The minimum Gasteiger partial charge on any atom is -0.355 e. The van der Waals surface area contributed by atoms with Crippen LogP contribution in [0.25, 0.3) is 0 Å². The first kappa shape index (κ1) is 19.2. The van der Waals surface area contributed by atoms with Gasteiger partial charge in [-0.3, -0.25) is 9.59 Å². The third-order valence-electron chi connectivity index (χ3n) is 3.82. The van der Waals surface area contributed by atoms with Crippen molar-refractivity contribution < 1.29 is 9.59 Å². The third-order valence-corrected chi connectivity index (χ3v) is 5.00. The number of amides is 1. The summed E-state index contributed by atoms with van der Waals surface area (Å²) in [7, 11) is 0. The van der Waals surface area contributed by atoms with Crippen LogP contribution in [0.1, 0.15) is 16.8 Å². The van der Waals surface area contributed by atoms with Crippen LogP contribution in [0.4, 0.5) is 0 Å². The first-order valence-corrected chi connectivity index (χ1v) is 9.75. The fraction of sp³-hybridized carbons (Fsp3) is 0.529. The van der Waals surface area contributed by atoms with E-state index in [0.29, 0.717) is 28.6 Å². The van der Waals surface area contributed by atoms with Crippen LogP contribution in [0.2, 0.25) is 5.02 Å². The van der Waals surface area contributed by atoms with Crippen LogP contribution in [0.3, 0.4) is 0 Å². The van der Waals surface area contributed by atoms with Gasteiger partial charge in [-0.25, -0.2) is 0 Å². The lowest BCUT2D eigenvalue weighted by Gasteiger charge is -2.27. The number of hydrogen-bond acceptors (Lipinski definition) is 5. The van der Waals surface area contributed by atoms with E-state index in [-0.39, 0.29) is 11.7 Å². The number of rotatable bonds is 9. The number of carbonyl (C=O) groups is 2. The number of thioether (sulfide) groups is 1. The van der Waals surface area contributed by atoms with Crippen LogP contribution in [-0.4, -0.2) is 67.4 Å². The van der Waals surface area contributed by atoms with Crippen molar-refractivity contribution in [1.82, 2.24) is 15.5 Å². The van der Waals surface area contributed by atoms with E-state index in [1.807, 2.05) is 0 Å². The van der Waals surface area contributed by atoms with Crippen molar-refractivity contribution in [2.24, 2.45) is 0 Å². The molecule has 24 heavy (non-hydrogen) atoms. The molecule has 0 spiro atoms. The summed E-state index contributed by atoms with van der Waals surface area (Å²) in [6.45, 7) is 5.96. The Bertz CT molecular complexity index is 533. The summed E-state index contributed by atoms with van der Waals surface area (Å²) in [6, 6.07) is 6.82. The van der Waals surface area contributed by atoms with E-state index in [1.165, 1.54) is 11.8 Å². The predicted octanol–water partition coefficient (Wildman–Crippen LogP) is 1.67. The number of benzene rings is 1. The van der Waals surface area contributed by atoms with Gasteiger partial charge in [0.15, 0.2) is 5.78 Å².